The van der Waals surface area contributed by atoms with E-state index in [1.807, 2.05) is 13.1 Å². The van der Waals surface area contributed by atoms with Gasteiger partial charge in [0.1, 0.15) is 5.75 Å². The molecule has 102 valence electrons. The van der Waals surface area contributed by atoms with Crippen LogP contribution in [-0.2, 0) is 0 Å². The van der Waals surface area contributed by atoms with Crippen molar-refractivity contribution in [2.45, 2.75) is 26.3 Å². The van der Waals surface area contributed by atoms with Gasteiger partial charge in [-0.15, -0.1) is 11.3 Å². The molecule has 3 heteroatoms. The lowest BCUT2D eigenvalue weighted by Crippen LogP contribution is -2.17. The lowest BCUT2D eigenvalue weighted by Gasteiger charge is -2.17. The van der Waals surface area contributed by atoms with Gasteiger partial charge in [0.25, 0.3) is 0 Å². The van der Waals surface area contributed by atoms with Crippen LogP contribution in [0.15, 0.2) is 35.7 Å². The van der Waals surface area contributed by atoms with Gasteiger partial charge < -0.3 is 10.1 Å². The average Bonchev–Trinajstić information content (AvgIpc) is 2.84. The van der Waals surface area contributed by atoms with Crippen molar-refractivity contribution in [3.05, 3.63) is 51.7 Å². The fourth-order valence-electron chi connectivity index (χ4n) is 2.13. The zero-order valence-corrected chi connectivity index (χ0v) is 12.6. The van der Waals surface area contributed by atoms with Gasteiger partial charge in [-0.1, -0.05) is 19.1 Å². The molecule has 0 radical (unpaired) electrons. The first-order valence-corrected chi connectivity index (χ1v) is 7.58. The van der Waals surface area contributed by atoms with Crippen LogP contribution in [0.3, 0.4) is 0 Å². The van der Waals surface area contributed by atoms with Gasteiger partial charge in [0.05, 0.1) is 12.6 Å². The summed E-state index contributed by atoms with van der Waals surface area (Å²) in [4.78, 5) is 1.37. The summed E-state index contributed by atoms with van der Waals surface area (Å²) in [6.45, 7) is 5.05. The fourth-order valence-corrected chi connectivity index (χ4v) is 3.20. The van der Waals surface area contributed by atoms with E-state index in [0.717, 1.165) is 18.8 Å². The molecule has 1 atom stereocenters. The molecule has 2 nitrogen and oxygen atoms in total. The van der Waals surface area contributed by atoms with Gasteiger partial charge in [0.2, 0.25) is 0 Å². The highest BCUT2D eigenvalue weighted by Crippen LogP contribution is 2.30. The summed E-state index contributed by atoms with van der Waals surface area (Å²) in [5.74, 6) is 0.953. The molecule has 0 saturated carbocycles. The smallest absolute Gasteiger partial charge is 0.119 e. The molecule has 0 saturated heterocycles. The number of thiophene rings is 1. The van der Waals surface area contributed by atoms with E-state index in [2.05, 4.69) is 48.8 Å². The number of hydrogen-bond acceptors (Lipinski definition) is 3. The molecule has 0 aliphatic rings. The van der Waals surface area contributed by atoms with Crippen LogP contribution in [-0.4, -0.2) is 13.7 Å². The summed E-state index contributed by atoms with van der Waals surface area (Å²) in [6.07, 6.45) is 1.03. The van der Waals surface area contributed by atoms with E-state index < -0.39 is 0 Å². The molecule has 1 aromatic carbocycles. The molecule has 1 aromatic heterocycles. The quantitative estimate of drug-likeness (QED) is 0.855. The molecule has 1 heterocycles. The highest BCUT2D eigenvalue weighted by atomic mass is 32.1. The standard InChI is InChI=1S/C16H21NOS/c1-4-9-18-14-7-5-6-13(11-14)15(17-3)16-12(2)8-10-19-16/h5-8,10-11,15,17H,4,9H2,1-3H3. The van der Waals surface area contributed by atoms with Crippen LogP contribution in [0.1, 0.15) is 35.4 Å². The highest BCUT2D eigenvalue weighted by Gasteiger charge is 2.15. The van der Waals surface area contributed by atoms with Crippen LogP contribution in [0, 0.1) is 6.92 Å². The first-order chi connectivity index (χ1) is 9.26. The fraction of sp³-hybridized carbons (Fsp3) is 0.375. The monoisotopic (exact) mass is 275 g/mol. The molecule has 0 aliphatic heterocycles. The van der Waals surface area contributed by atoms with E-state index in [1.54, 1.807) is 11.3 Å². The third-order valence-electron chi connectivity index (χ3n) is 3.12. The maximum atomic E-state index is 5.71. The van der Waals surface area contributed by atoms with Crippen LogP contribution < -0.4 is 10.1 Å². The largest absolute Gasteiger partial charge is 0.494 e. The van der Waals surface area contributed by atoms with Crippen molar-refractivity contribution in [2.75, 3.05) is 13.7 Å². The van der Waals surface area contributed by atoms with Gasteiger partial charge in [-0.2, -0.15) is 0 Å². The van der Waals surface area contributed by atoms with Crippen molar-refractivity contribution < 1.29 is 4.74 Å². The average molecular weight is 275 g/mol. The second kappa shape index (κ2) is 6.73. The Balaban J connectivity index is 2.26. The number of ether oxygens (including phenoxy) is 1. The minimum Gasteiger partial charge on any atom is -0.494 e. The lowest BCUT2D eigenvalue weighted by atomic mass is 10.0. The third-order valence-corrected chi connectivity index (χ3v) is 4.20. The first kappa shape index (κ1) is 14.1. The first-order valence-electron chi connectivity index (χ1n) is 6.70. The van der Waals surface area contributed by atoms with Gasteiger partial charge in [-0.05, 0) is 55.1 Å². The zero-order chi connectivity index (χ0) is 13.7. The maximum Gasteiger partial charge on any atom is 0.119 e. The molecule has 0 aliphatic carbocycles. The molecule has 0 bridgehead atoms. The summed E-state index contributed by atoms with van der Waals surface area (Å²) in [5, 5.41) is 5.55. The van der Waals surface area contributed by atoms with Gasteiger partial charge in [0, 0.05) is 4.88 Å². The van der Waals surface area contributed by atoms with Crippen molar-refractivity contribution in [3.63, 3.8) is 0 Å². The highest BCUT2D eigenvalue weighted by molar-refractivity contribution is 7.10. The van der Waals surface area contributed by atoms with Gasteiger partial charge in [0.15, 0.2) is 0 Å². The van der Waals surface area contributed by atoms with Gasteiger partial charge in [-0.3, -0.25) is 0 Å². The van der Waals surface area contributed by atoms with Crippen molar-refractivity contribution in [1.29, 1.82) is 0 Å². The van der Waals surface area contributed by atoms with Crippen LogP contribution in [0.4, 0.5) is 0 Å². The summed E-state index contributed by atoms with van der Waals surface area (Å²) >= 11 is 1.80. The molecule has 19 heavy (non-hydrogen) atoms. The molecular weight excluding hydrogens is 254 g/mol. The molecule has 2 aromatic rings. The molecule has 1 N–H and O–H groups in total. The second-order valence-corrected chi connectivity index (χ2v) is 5.56. The third kappa shape index (κ3) is 3.37. The number of hydrogen-bond donors (Lipinski definition) is 1. The lowest BCUT2D eigenvalue weighted by molar-refractivity contribution is 0.317. The molecular formula is C16H21NOS. The number of benzene rings is 1. The normalized spacial score (nSPS) is 12.4. The summed E-state index contributed by atoms with van der Waals surface area (Å²) in [7, 11) is 2.00. The Hall–Kier alpha value is -1.32. The van der Waals surface area contributed by atoms with Crippen molar-refractivity contribution in [1.82, 2.24) is 5.32 Å². The van der Waals surface area contributed by atoms with Crippen molar-refractivity contribution in [3.8, 4) is 5.75 Å². The van der Waals surface area contributed by atoms with Crippen LogP contribution in [0.25, 0.3) is 0 Å². The molecule has 2 rings (SSSR count). The van der Waals surface area contributed by atoms with E-state index in [-0.39, 0.29) is 6.04 Å². The summed E-state index contributed by atoms with van der Waals surface area (Å²) in [6, 6.07) is 10.8. The summed E-state index contributed by atoms with van der Waals surface area (Å²) < 4.78 is 5.71. The molecule has 1 unspecified atom stereocenters. The van der Waals surface area contributed by atoms with Crippen molar-refractivity contribution in [2.24, 2.45) is 0 Å². The predicted octanol–water partition coefficient (Wildman–Crippen LogP) is 4.15. The SMILES string of the molecule is CCCOc1cccc(C(NC)c2sccc2C)c1. The molecule has 0 fully saturated rings. The van der Waals surface area contributed by atoms with Crippen molar-refractivity contribution >= 4 is 11.3 Å². The topological polar surface area (TPSA) is 21.3 Å². The minimum atomic E-state index is 0.241. The number of nitrogens with one attached hydrogen (secondary N) is 1. The van der Waals surface area contributed by atoms with E-state index in [9.17, 15) is 0 Å². The Labute approximate surface area is 119 Å². The van der Waals surface area contributed by atoms with E-state index in [0.29, 0.717) is 0 Å². The van der Waals surface area contributed by atoms with Crippen LogP contribution in [0.2, 0.25) is 0 Å². The maximum absolute atomic E-state index is 5.71. The predicted molar refractivity (Wildman–Crippen MR) is 82.2 cm³/mol. The van der Waals surface area contributed by atoms with Crippen LogP contribution >= 0.6 is 11.3 Å². The van der Waals surface area contributed by atoms with E-state index in [1.165, 1.54) is 16.0 Å². The summed E-state index contributed by atoms with van der Waals surface area (Å²) in [5.41, 5.74) is 2.59. The minimum absolute atomic E-state index is 0.241. The number of aryl methyl sites for hydroxylation is 1. The molecule has 0 spiro atoms. The Kier molecular flexibility index (Phi) is 5.00. The molecule has 0 amide bonds. The Morgan fingerprint density at radius 2 is 2.16 bits per heavy atom. The second-order valence-electron chi connectivity index (χ2n) is 4.61. The van der Waals surface area contributed by atoms with Gasteiger partial charge in [-0.25, -0.2) is 0 Å². The zero-order valence-electron chi connectivity index (χ0n) is 11.8. The Bertz CT molecular complexity index is 521. The number of rotatable bonds is 6. The van der Waals surface area contributed by atoms with E-state index >= 15 is 0 Å². The Morgan fingerprint density at radius 3 is 2.79 bits per heavy atom. The van der Waals surface area contributed by atoms with Gasteiger partial charge >= 0.3 is 0 Å². The van der Waals surface area contributed by atoms with Crippen LogP contribution in [0.5, 0.6) is 5.75 Å². The Morgan fingerprint density at radius 1 is 1.32 bits per heavy atom. The van der Waals surface area contributed by atoms with E-state index in [4.69, 9.17) is 4.74 Å².